The van der Waals surface area contributed by atoms with Gasteiger partial charge in [-0.3, -0.25) is 9.40 Å². The second-order valence-electron chi connectivity index (χ2n) is 4.20. The van der Waals surface area contributed by atoms with Gasteiger partial charge in [0.1, 0.15) is 16.5 Å². The number of hydrogen-bond donors (Lipinski definition) is 2. The van der Waals surface area contributed by atoms with Crippen LogP contribution in [0.5, 0.6) is 0 Å². The minimum atomic E-state index is -3.90. The summed E-state index contributed by atoms with van der Waals surface area (Å²) in [6.45, 7) is 1.74. The topological polar surface area (TPSA) is 90.0 Å². The van der Waals surface area contributed by atoms with E-state index in [-0.39, 0.29) is 15.1 Å². The predicted molar refractivity (Wildman–Crippen MR) is 77.3 cm³/mol. The second kappa shape index (κ2) is 5.06. The van der Waals surface area contributed by atoms with Crippen LogP contribution in [-0.4, -0.2) is 18.2 Å². The van der Waals surface area contributed by atoms with E-state index in [0.717, 1.165) is 12.1 Å². The minimum absolute atomic E-state index is 0.0931. The smallest absolute Gasteiger partial charge is 0.264 e. The number of nitrogens with one attached hydrogen (secondary N) is 1. The molecule has 0 bridgehead atoms. The van der Waals surface area contributed by atoms with Gasteiger partial charge in [0.2, 0.25) is 0 Å². The summed E-state index contributed by atoms with van der Waals surface area (Å²) >= 11 is 3.02. The van der Waals surface area contributed by atoms with Gasteiger partial charge in [0, 0.05) is 17.6 Å². The number of nitrogen functional groups attached to an aromatic ring is 1. The van der Waals surface area contributed by atoms with Gasteiger partial charge >= 0.3 is 0 Å². The van der Waals surface area contributed by atoms with Crippen LogP contribution < -0.4 is 10.5 Å². The van der Waals surface area contributed by atoms with E-state index in [9.17, 15) is 12.8 Å². The van der Waals surface area contributed by atoms with Gasteiger partial charge in [0.05, 0.1) is 11.4 Å². The summed E-state index contributed by atoms with van der Waals surface area (Å²) < 4.78 is 41.7. The molecule has 9 heteroatoms. The van der Waals surface area contributed by atoms with Crippen molar-refractivity contribution in [2.45, 2.75) is 11.8 Å². The molecule has 0 atom stereocenters. The van der Waals surface area contributed by atoms with Crippen molar-refractivity contribution < 1.29 is 12.8 Å². The van der Waals surface area contributed by atoms with Crippen molar-refractivity contribution in [1.82, 2.24) is 9.78 Å². The van der Waals surface area contributed by atoms with Crippen molar-refractivity contribution in [3.63, 3.8) is 0 Å². The fourth-order valence-corrected chi connectivity index (χ4v) is 3.78. The van der Waals surface area contributed by atoms with Crippen molar-refractivity contribution in [3.05, 3.63) is 34.2 Å². The molecule has 0 fully saturated rings. The maximum Gasteiger partial charge on any atom is 0.264 e. The maximum absolute atomic E-state index is 13.3. The Morgan fingerprint density at radius 1 is 1.40 bits per heavy atom. The highest BCUT2D eigenvalue weighted by Crippen LogP contribution is 2.28. The molecule has 1 aromatic heterocycles. The molecule has 0 unspecified atom stereocenters. The van der Waals surface area contributed by atoms with Crippen molar-refractivity contribution in [2.24, 2.45) is 7.05 Å². The summed E-state index contributed by atoms with van der Waals surface area (Å²) in [6.07, 6.45) is 0. The standard InChI is InChI=1S/C11H12BrFN4O2S/c1-6-3-11(17(2)15-6)16-20(18,19)10-5-9(14)8(13)4-7(10)12/h3-5,16H,14H2,1-2H3. The number of anilines is 2. The number of rotatable bonds is 3. The maximum atomic E-state index is 13.3. The van der Waals surface area contributed by atoms with Crippen LogP contribution in [0.15, 0.2) is 27.6 Å². The Morgan fingerprint density at radius 2 is 2.05 bits per heavy atom. The lowest BCUT2D eigenvalue weighted by Gasteiger charge is -2.10. The lowest BCUT2D eigenvalue weighted by atomic mass is 10.3. The van der Waals surface area contributed by atoms with E-state index in [4.69, 9.17) is 5.73 Å². The van der Waals surface area contributed by atoms with Crippen LogP contribution in [0.25, 0.3) is 0 Å². The Balaban J connectivity index is 2.46. The zero-order chi connectivity index (χ0) is 15.1. The molecule has 2 aromatic rings. The minimum Gasteiger partial charge on any atom is -0.396 e. The Bertz CT molecular complexity index is 773. The number of hydrogen-bond acceptors (Lipinski definition) is 4. The lowest BCUT2D eigenvalue weighted by molar-refractivity contribution is 0.598. The molecule has 20 heavy (non-hydrogen) atoms. The van der Waals surface area contributed by atoms with Gasteiger partial charge in [0.15, 0.2) is 0 Å². The molecule has 0 aliphatic rings. The zero-order valence-electron chi connectivity index (χ0n) is 10.7. The largest absolute Gasteiger partial charge is 0.396 e. The first-order valence-electron chi connectivity index (χ1n) is 5.48. The highest BCUT2D eigenvalue weighted by Gasteiger charge is 2.21. The van der Waals surface area contributed by atoms with Crippen LogP contribution in [0.1, 0.15) is 5.69 Å². The number of nitrogens with zero attached hydrogens (tertiary/aromatic N) is 2. The molecule has 0 saturated carbocycles. The fourth-order valence-electron chi connectivity index (χ4n) is 1.65. The summed E-state index contributed by atoms with van der Waals surface area (Å²) in [4.78, 5) is -0.143. The quantitative estimate of drug-likeness (QED) is 0.817. The zero-order valence-corrected chi connectivity index (χ0v) is 13.1. The van der Waals surface area contributed by atoms with Crippen molar-refractivity contribution in [2.75, 3.05) is 10.5 Å². The van der Waals surface area contributed by atoms with Gasteiger partial charge in [-0.05, 0) is 35.0 Å². The molecular weight excluding hydrogens is 351 g/mol. The number of sulfonamides is 1. The van der Waals surface area contributed by atoms with Crippen LogP contribution in [0, 0.1) is 12.7 Å². The summed E-state index contributed by atoms with van der Waals surface area (Å²) in [5.74, 6) is -0.385. The van der Waals surface area contributed by atoms with Gasteiger partial charge < -0.3 is 5.73 Å². The predicted octanol–water partition coefficient (Wildman–Crippen LogP) is 2.01. The molecule has 1 heterocycles. The SMILES string of the molecule is Cc1cc(NS(=O)(=O)c2cc(N)c(F)cc2Br)n(C)n1. The molecule has 2 rings (SSSR count). The van der Waals surface area contributed by atoms with Crippen molar-refractivity contribution in [3.8, 4) is 0 Å². The van der Waals surface area contributed by atoms with E-state index in [0.29, 0.717) is 11.5 Å². The van der Waals surface area contributed by atoms with Crippen LogP contribution in [-0.2, 0) is 17.1 Å². The van der Waals surface area contributed by atoms with Gasteiger partial charge in [-0.25, -0.2) is 12.8 Å². The summed E-state index contributed by atoms with van der Waals surface area (Å²) in [5, 5.41) is 4.04. The molecule has 3 N–H and O–H groups in total. The van der Waals surface area contributed by atoms with E-state index in [1.54, 1.807) is 20.0 Å². The molecule has 0 aliphatic carbocycles. The van der Waals surface area contributed by atoms with Gasteiger partial charge in [0.25, 0.3) is 10.0 Å². The van der Waals surface area contributed by atoms with E-state index in [2.05, 4.69) is 25.8 Å². The normalized spacial score (nSPS) is 11.6. The number of aryl methyl sites for hydroxylation is 2. The first kappa shape index (κ1) is 14.8. The number of aromatic nitrogens is 2. The summed E-state index contributed by atoms with van der Waals surface area (Å²) in [5.41, 5.74) is 5.84. The molecule has 0 aliphatic heterocycles. The first-order valence-corrected chi connectivity index (χ1v) is 7.76. The third-order valence-electron chi connectivity index (χ3n) is 2.58. The van der Waals surface area contributed by atoms with Gasteiger partial charge in [-0.2, -0.15) is 5.10 Å². The van der Waals surface area contributed by atoms with Crippen molar-refractivity contribution >= 4 is 37.5 Å². The van der Waals surface area contributed by atoms with Crippen LogP contribution in [0.3, 0.4) is 0 Å². The average molecular weight is 363 g/mol. The number of nitrogens with two attached hydrogens (primary N) is 1. The lowest BCUT2D eigenvalue weighted by Crippen LogP contribution is -2.16. The second-order valence-corrected chi connectivity index (χ2v) is 6.71. The average Bonchev–Trinajstić information content (AvgIpc) is 2.61. The van der Waals surface area contributed by atoms with Crippen LogP contribution in [0.4, 0.5) is 15.9 Å². The van der Waals surface area contributed by atoms with E-state index >= 15 is 0 Å². The number of halogens is 2. The Morgan fingerprint density at radius 3 is 2.60 bits per heavy atom. The molecule has 108 valence electrons. The van der Waals surface area contributed by atoms with Crippen LogP contribution >= 0.6 is 15.9 Å². The van der Waals surface area contributed by atoms with E-state index in [1.165, 1.54) is 4.68 Å². The molecule has 0 saturated heterocycles. The number of benzene rings is 1. The molecule has 6 nitrogen and oxygen atoms in total. The third-order valence-corrected chi connectivity index (χ3v) is 4.89. The highest BCUT2D eigenvalue weighted by atomic mass is 79.9. The highest BCUT2D eigenvalue weighted by molar-refractivity contribution is 9.10. The molecular formula is C11H12BrFN4O2S. The van der Waals surface area contributed by atoms with E-state index < -0.39 is 15.8 Å². The van der Waals surface area contributed by atoms with Gasteiger partial charge in [-0.15, -0.1) is 0 Å². The molecule has 0 spiro atoms. The third kappa shape index (κ3) is 2.78. The Hall–Kier alpha value is -1.61. The summed E-state index contributed by atoms with van der Waals surface area (Å²) in [6, 6.07) is 3.65. The Kier molecular flexibility index (Phi) is 3.74. The van der Waals surface area contributed by atoms with Crippen molar-refractivity contribution in [1.29, 1.82) is 0 Å². The monoisotopic (exact) mass is 362 g/mol. The molecule has 0 radical (unpaired) electrons. The van der Waals surface area contributed by atoms with Crippen LogP contribution in [0.2, 0.25) is 0 Å². The Labute approximate surface area is 124 Å². The van der Waals surface area contributed by atoms with Gasteiger partial charge in [-0.1, -0.05) is 0 Å². The fraction of sp³-hybridized carbons (Fsp3) is 0.182. The van der Waals surface area contributed by atoms with E-state index in [1.807, 2.05) is 0 Å². The first-order chi connectivity index (χ1) is 9.20. The summed E-state index contributed by atoms with van der Waals surface area (Å²) in [7, 11) is -2.29. The molecule has 0 amide bonds. The molecule has 1 aromatic carbocycles.